The smallest absolute Gasteiger partial charge is 0.266 e. The Labute approximate surface area is 202 Å². The van der Waals surface area contributed by atoms with E-state index in [4.69, 9.17) is 9.47 Å². The lowest BCUT2D eigenvalue weighted by Crippen LogP contribution is -2.13. The molecule has 0 aliphatic rings. The van der Waals surface area contributed by atoms with Crippen molar-refractivity contribution < 1.29 is 14.3 Å². The quantitative estimate of drug-likeness (QED) is 0.265. The Hall–Kier alpha value is -3.56. The van der Waals surface area contributed by atoms with E-state index in [0.717, 1.165) is 16.5 Å². The summed E-state index contributed by atoms with van der Waals surface area (Å²) in [6.45, 7) is 4.78. The van der Waals surface area contributed by atoms with Crippen LogP contribution in [0.25, 0.3) is 6.08 Å². The van der Waals surface area contributed by atoms with Gasteiger partial charge in [-0.15, -0.1) is 0 Å². The Balaban J connectivity index is 1.77. The summed E-state index contributed by atoms with van der Waals surface area (Å²) in [6.07, 6.45) is 2.46. The second kappa shape index (κ2) is 11.9. The Bertz CT molecular complexity index is 1180. The molecule has 1 N–H and O–H groups in total. The monoisotopic (exact) mass is 504 g/mol. The van der Waals surface area contributed by atoms with Crippen LogP contribution in [0.1, 0.15) is 30.5 Å². The first-order valence-electron chi connectivity index (χ1n) is 10.7. The van der Waals surface area contributed by atoms with E-state index in [9.17, 15) is 10.1 Å². The van der Waals surface area contributed by atoms with Crippen LogP contribution in [0.4, 0.5) is 5.69 Å². The van der Waals surface area contributed by atoms with Gasteiger partial charge in [0, 0.05) is 15.7 Å². The summed E-state index contributed by atoms with van der Waals surface area (Å²) < 4.78 is 12.7. The van der Waals surface area contributed by atoms with Crippen LogP contribution in [0.5, 0.6) is 11.5 Å². The van der Waals surface area contributed by atoms with Gasteiger partial charge in [0.05, 0.1) is 6.61 Å². The number of ether oxygens (including phenoxy) is 2. The number of rotatable bonds is 9. The number of hydrogen-bond donors (Lipinski definition) is 1. The third-order valence-corrected chi connectivity index (χ3v) is 5.68. The van der Waals surface area contributed by atoms with Gasteiger partial charge >= 0.3 is 0 Å². The lowest BCUT2D eigenvalue weighted by Gasteiger charge is -2.13. The Kier molecular flexibility index (Phi) is 8.68. The fraction of sp³-hybridized carbons (Fsp3) is 0.185. The van der Waals surface area contributed by atoms with E-state index < -0.39 is 5.91 Å². The van der Waals surface area contributed by atoms with Gasteiger partial charge in [-0.05, 0) is 60.9 Å². The number of halogens is 1. The second-order valence-corrected chi connectivity index (χ2v) is 8.05. The molecule has 0 saturated heterocycles. The number of nitrogens with zero attached hydrogens (tertiary/aromatic N) is 1. The van der Waals surface area contributed by atoms with Crippen molar-refractivity contribution in [1.82, 2.24) is 0 Å². The van der Waals surface area contributed by atoms with Crippen LogP contribution in [0.15, 0.2) is 76.8 Å². The summed E-state index contributed by atoms with van der Waals surface area (Å²) in [6, 6.07) is 22.7. The lowest BCUT2D eigenvalue weighted by atomic mass is 10.1. The average Bonchev–Trinajstić information content (AvgIpc) is 2.83. The normalized spacial score (nSPS) is 10.9. The van der Waals surface area contributed by atoms with Crippen molar-refractivity contribution in [3.8, 4) is 17.6 Å². The fourth-order valence-corrected chi connectivity index (χ4v) is 3.51. The number of aryl methyl sites for hydroxylation is 1. The molecule has 168 valence electrons. The van der Waals surface area contributed by atoms with Crippen molar-refractivity contribution in [3.05, 3.63) is 93.5 Å². The highest BCUT2D eigenvalue weighted by Crippen LogP contribution is 2.31. The van der Waals surface area contributed by atoms with Crippen molar-refractivity contribution in [2.24, 2.45) is 0 Å². The number of nitrogens with one attached hydrogen (secondary N) is 1. The summed E-state index contributed by atoms with van der Waals surface area (Å²) in [4.78, 5) is 12.6. The van der Waals surface area contributed by atoms with Crippen LogP contribution < -0.4 is 14.8 Å². The minimum absolute atomic E-state index is 0.00102. The van der Waals surface area contributed by atoms with E-state index in [1.165, 1.54) is 11.6 Å². The number of carbonyl (C=O) groups excluding carboxylic acids is 1. The molecule has 0 saturated carbocycles. The first-order valence-corrected chi connectivity index (χ1v) is 11.5. The molecule has 0 unspecified atom stereocenters. The highest BCUT2D eigenvalue weighted by molar-refractivity contribution is 9.10. The van der Waals surface area contributed by atoms with E-state index in [-0.39, 0.29) is 5.57 Å². The lowest BCUT2D eigenvalue weighted by molar-refractivity contribution is -0.112. The molecule has 5 nitrogen and oxygen atoms in total. The molecule has 0 aromatic heterocycles. The minimum Gasteiger partial charge on any atom is -0.490 e. The molecular weight excluding hydrogens is 480 g/mol. The Morgan fingerprint density at radius 3 is 2.45 bits per heavy atom. The van der Waals surface area contributed by atoms with Crippen LogP contribution in [0.3, 0.4) is 0 Å². The Morgan fingerprint density at radius 1 is 1.03 bits per heavy atom. The molecule has 1 amide bonds. The van der Waals surface area contributed by atoms with Gasteiger partial charge in [-0.2, -0.15) is 5.26 Å². The summed E-state index contributed by atoms with van der Waals surface area (Å²) in [5.74, 6) is 0.670. The van der Waals surface area contributed by atoms with E-state index in [0.29, 0.717) is 36.0 Å². The van der Waals surface area contributed by atoms with Crippen molar-refractivity contribution in [1.29, 1.82) is 5.26 Å². The molecule has 0 spiro atoms. The molecule has 0 heterocycles. The first kappa shape index (κ1) is 24.1. The third-order valence-electron chi connectivity index (χ3n) is 4.90. The van der Waals surface area contributed by atoms with Crippen molar-refractivity contribution in [2.45, 2.75) is 26.9 Å². The summed E-state index contributed by atoms with van der Waals surface area (Å²) in [5.41, 5.74) is 3.50. The molecule has 0 atom stereocenters. The number of hydrogen-bond acceptors (Lipinski definition) is 4. The molecule has 3 rings (SSSR count). The van der Waals surface area contributed by atoms with E-state index >= 15 is 0 Å². The zero-order valence-corrected chi connectivity index (χ0v) is 20.2. The maximum absolute atomic E-state index is 12.6. The van der Waals surface area contributed by atoms with Gasteiger partial charge in [0.1, 0.15) is 18.2 Å². The molecule has 0 aliphatic carbocycles. The predicted molar refractivity (Wildman–Crippen MR) is 134 cm³/mol. The zero-order valence-electron chi connectivity index (χ0n) is 18.6. The molecule has 0 aliphatic heterocycles. The van der Waals surface area contributed by atoms with Crippen LogP contribution in [0.2, 0.25) is 0 Å². The largest absolute Gasteiger partial charge is 0.490 e. The fourth-order valence-electron chi connectivity index (χ4n) is 3.11. The predicted octanol–water partition coefficient (Wildman–Crippen LogP) is 6.53. The zero-order chi connectivity index (χ0) is 23.6. The van der Waals surface area contributed by atoms with Crippen LogP contribution in [0, 0.1) is 11.3 Å². The topological polar surface area (TPSA) is 71.3 Å². The second-order valence-electron chi connectivity index (χ2n) is 7.19. The molecule has 0 radical (unpaired) electrons. The maximum Gasteiger partial charge on any atom is 0.266 e. The van der Waals surface area contributed by atoms with E-state index in [1.807, 2.05) is 61.5 Å². The number of anilines is 1. The number of benzene rings is 3. The summed E-state index contributed by atoms with van der Waals surface area (Å²) in [5, 5.41) is 12.3. The highest BCUT2D eigenvalue weighted by Gasteiger charge is 2.12. The van der Waals surface area contributed by atoms with Crippen LogP contribution in [-0.4, -0.2) is 12.5 Å². The first-order chi connectivity index (χ1) is 16.0. The summed E-state index contributed by atoms with van der Waals surface area (Å²) in [7, 11) is 0. The third kappa shape index (κ3) is 6.71. The van der Waals surface area contributed by atoms with Gasteiger partial charge in [0.15, 0.2) is 11.5 Å². The van der Waals surface area contributed by atoms with Crippen molar-refractivity contribution >= 4 is 33.6 Å². The number of nitriles is 1. The van der Waals surface area contributed by atoms with Gasteiger partial charge in [-0.25, -0.2) is 0 Å². The summed E-state index contributed by atoms with van der Waals surface area (Å²) >= 11 is 3.52. The van der Waals surface area contributed by atoms with Crippen LogP contribution in [-0.2, 0) is 17.8 Å². The molecule has 3 aromatic carbocycles. The molecule has 6 heteroatoms. The number of carbonyl (C=O) groups is 1. The molecular formula is C27H25BrN2O3. The van der Waals surface area contributed by atoms with Crippen LogP contribution >= 0.6 is 15.9 Å². The van der Waals surface area contributed by atoms with Crippen molar-refractivity contribution in [2.75, 3.05) is 11.9 Å². The Morgan fingerprint density at radius 2 is 1.79 bits per heavy atom. The van der Waals surface area contributed by atoms with Crippen molar-refractivity contribution in [3.63, 3.8) is 0 Å². The molecule has 0 bridgehead atoms. The standard InChI is InChI=1S/C27H25BrN2O3/c1-3-19-9-12-23(13-10-19)30-27(31)22(17-29)15-20-11-14-25(26(16-20)32-4-2)33-18-21-7-5-6-8-24(21)28/h5-16H,3-4,18H2,1-2H3,(H,30,31)/b22-15+. The van der Waals surface area contributed by atoms with Gasteiger partial charge in [0.25, 0.3) is 5.91 Å². The molecule has 33 heavy (non-hydrogen) atoms. The van der Waals surface area contributed by atoms with Gasteiger partial charge in [0.2, 0.25) is 0 Å². The van der Waals surface area contributed by atoms with E-state index in [1.54, 1.807) is 18.2 Å². The van der Waals surface area contributed by atoms with Gasteiger partial charge in [-0.3, -0.25) is 4.79 Å². The van der Waals surface area contributed by atoms with Gasteiger partial charge < -0.3 is 14.8 Å². The minimum atomic E-state index is -0.464. The number of amides is 1. The SMILES string of the molecule is CCOc1cc(/C=C(\C#N)C(=O)Nc2ccc(CC)cc2)ccc1OCc1ccccc1Br. The van der Waals surface area contributed by atoms with Gasteiger partial charge in [-0.1, -0.05) is 59.3 Å². The highest BCUT2D eigenvalue weighted by atomic mass is 79.9. The molecule has 0 fully saturated rings. The molecule has 3 aromatic rings. The average molecular weight is 505 g/mol. The maximum atomic E-state index is 12.6. The van der Waals surface area contributed by atoms with E-state index in [2.05, 4.69) is 28.2 Å².